The molecule has 0 amide bonds. The normalized spacial score (nSPS) is 11.7. The van der Waals surface area contributed by atoms with Crippen molar-refractivity contribution in [1.29, 1.82) is 0 Å². The molecule has 0 aromatic heterocycles. The molecule has 0 saturated carbocycles. The Kier molecular flexibility index (Phi) is 4.84. The molecule has 4 nitrogen and oxygen atoms in total. The van der Waals surface area contributed by atoms with Crippen LogP contribution < -0.4 is 0 Å². The third kappa shape index (κ3) is 4.42. The molecule has 120 valence electrons. The lowest BCUT2D eigenvalue weighted by atomic mass is 10.0. The molecule has 2 aromatic carbocycles. The van der Waals surface area contributed by atoms with Crippen molar-refractivity contribution in [2.24, 2.45) is 0 Å². The first-order valence-electron chi connectivity index (χ1n) is 7.32. The third-order valence-corrected chi connectivity index (χ3v) is 3.11. The van der Waals surface area contributed by atoms with E-state index >= 15 is 0 Å². The van der Waals surface area contributed by atoms with Crippen molar-refractivity contribution < 1.29 is 19.1 Å². The van der Waals surface area contributed by atoms with Crippen molar-refractivity contribution in [1.82, 2.24) is 0 Å². The Morgan fingerprint density at radius 1 is 1.09 bits per heavy atom. The van der Waals surface area contributed by atoms with Gasteiger partial charge in [0.15, 0.2) is 0 Å². The monoisotopic (exact) mass is 312 g/mol. The van der Waals surface area contributed by atoms with Crippen LogP contribution in [0.1, 0.15) is 36.7 Å². The van der Waals surface area contributed by atoms with Gasteiger partial charge >= 0.3 is 11.9 Å². The fraction of sp³-hybridized carbons (Fsp3) is 0.263. The number of hydrogen-bond donors (Lipinski definition) is 0. The van der Waals surface area contributed by atoms with E-state index in [4.69, 9.17) is 9.47 Å². The predicted octanol–water partition coefficient (Wildman–Crippen LogP) is 3.98. The number of methoxy groups -OCH3 is 1. The summed E-state index contributed by atoms with van der Waals surface area (Å²) < 4.78 is 10.1. The molecule has 0 radical (unpaired) electrons. The Morgan fingerprint density at radius 2 is 1.78 bits per heavy atom. The zero-order chi connectivity index (χ0) is 17.0. The predicted molar refractivity (Wildman–Crippen MR) is 90.2 cm³/mol. The lowest BCUT2D eigenvalue weighted by molar-refractivity contribution is -0.148. The largest absolute Gasteiger partial charge is 0.465 e. The number of ether oxygens (including phenoxy) is 2. The Morgan fingerprint density at radius 3 is 2.43 bits per heavy atom. The van der Waals surface area contributed by atoms with Gasteiger partial charge in [-0.15, -0.1) is 0 Å². The molecule has 0 heterocycles. The average Bonchev–Trinajstić information content (AvgIpc) is 2.49. The summed E-state index contributed by atoms with van der Waals surface area (Å²) in [7, 11) is 1.35. The van der Waals surface area contributed by atoms with Crippen molar-refractivity contribution in [3.63, 3.8) is 0 Å². The highest BCUT2D eigenvalue weighted by molar-refractivity contribution is 6.05. The lowest BCUT2D eigenvalue weighted by Crippen LogP contribution is -2.22. The molecule has 23 heavy (non-hydrogen) atoms. The van der Waals surface area contributed by atoms with Gasteiger partial charge in [0.25, 0.3) is 0 Å². The first-order chi connectivity index (χ1) is 10.8. The van der Waals surface area contributed by atoms with Gasteiger partial charge in [-0.25, -0.2) is 9.59 Å². The van der Waals surface area contributed by atoms with E-state index in [2.05, 4.69) is 0 Å². The van der Waals surface area contributed by atoms with Crippen LogP contribution in [0.15, 0.2) is 42.5 Å². The number of carbonyl (C=O) groups excluding carboxylic acids is 2. The minimum atomic E-state index is -0.540. The fourth-order valence-corrected chi connectivity index (χ4v) is 2.21. The summed E-state index contributed by atoms with van der Waals surface area (Å²) in [5, 5.41) is 1.72. The van der Waals surface area contributed by atoms with Gasteiger partial charge in [-0.3, -0.25) is 0 Å². The van der Waals surface area contributed by atoms with E-state index in [-0.39, 0.29) is 0 Å². The summed E-state index contributed by atoms with van der Waals surface area (Å²) in [6.45, 7) is 5.43. The molecule has 0 bridgehead atoms. The molecule has 0 unspecified atom stereocenters. The van der Waals surface area contributed by atoms with Gasteiger partial charge in [-0.05, 0) is 55.3 Å². The van der Waals surface area contributed by atoms with Gasteiger partial charge in [-0.2, -0.15) is 0 Å². The standard InChI is InChI=1S/C19H20O4/c1-19(2,3)23-17(20)10-9-13-11-14-7-5-6-8-15(14)16(12-13)18(21)22-4/h5-12H,1-4H3/b10-9+. The van der Waals surface area contributed by atoms with Crippen LogP contribution in [-0.2, 0) is 14.3 Å². The van der Waals surface area contributed by atoms with Crippen molar-refractivity contribution in [2.45, 2.75) is 26.4 Å². The highest BCUT2D eigenvalue weighted by Gasteiger charge is 2.14. The molecule has 0 aliphatic rings. The summed E-state index contributed by atoms with van der Waals surface area (Å²) in [6.07, 6.45) is 2.99. The Balaban J connectivity index is 2.38. The summed E-state index contributed by atoms with van der Waals surface area (Å²) in [6, 6.07) is 11.1. The van der Waals surface area contributed by atoms with Crippen LogP contribution in [0.2, 0.25) is 0 Å². The average molecular weight is 312 g/mol. The maximum atomic E-state index is 12.0. The van der Waals surface area contributed by atoms with Crippen LogP contribution in [0.5, 0.6) is 0 Å². The molecule has 0 saturated heterocycles. The minimum Gasteiger partial charge on any atom is -0.465 e. The van der Waals surface area contributed by atoms with Crippen molar-refractivity contribution >= 4 is 28.8 Å². The molecule has 0 N–H and O–H groups in total. The van der Waals surface area contributed by atoms with Crippen LogP contribution in [0.3, 0.4) is 0 Å². The summed E-state index contributed by atoms with van der Waals surface area (Å²) in [4.78, 5) is 23.7. The first-order valence-corrected chi connectivity index (χ1v) is 7.32. The smallest absolute Gasteiger partial charge is 0.338 e. The quantitative estimate of drug-likeness (QED) is 0.635. The first kappa shape index (κ1) is 16.7. The third-order valence-electron chi connectivity index (χ3n) is 3.11. The number of esters is 2. The number of hydrogen-bond acceptors (Lipinski definition) is 4. The maximum Gasteiger partial charge on any atom is 0.338 e. The van der Waals surface area contributed by atoms with Crippen molar-refractivity contribution in [3.05, 3.63) is 53.6 Å². The Bertz CT molecular complexity index is 767. The Hall–Kier alpha value is -2.62. The summed E-state index contributed by atoms with van der Waals surface area (Å²) in [5.41, 5.74) is 0.659. The maximum absolute atomic E-state index is 12.0. The SMILES string of the molecule is COC(=O)c1cc(/C=C/C(=O)OC(C)(C)C)cc2ccccc12. The second kappa shape index (κ2) is 6.65. The van der Waals surface area contributed by atoms with Gasteiger partial charge in [-0.1, -0.05) is 24.3 Å². The highest BCUT2D eigenvalue weighted by Crippen LogP contribution is 2.23. The van der Waals surface area contributed by atoms with Crippen LogP contribution in [0.25, 0.3) is 16.8 Å². The van der Waals surface area contributed by atoms with Gasteiger partial charge in [0, 0.05) is 6.08 Å². The molecular weight excluding hydrogens is 292 g/mol. The van der Waals surface area contributed by atoms with E-state index in [1.54, 1.807) is 12.1 Å². The van der Waals surface area contributed by atoms with Crippen molar-refractivity contribution in [2.75, 3.05) is 7.11 Å². The van der Waals surface area contributed by atoms with E-state index in [0.717, 1.165) is 16.3 Å². The van der Waals surface area contributed by atoms with Crippen molar-refractivity contribution in [3.8, 4) is 0 Å². The minimum absolute atomic E-state index is 0.409. The number of fused-ring (bicyclic) bond motifs is 1. The van der Waals surface area contributed by atoms with Gasteiger partial charge in [0.1, 0.15) is 5.60 Å². The molecule has 4 heteroatoms. The zero-order valence-electron chi connectivity index (χ0n) is 13.8. The van der Waals surface area contributed by atoms with E-state index in [0.29, 0.717) is 5.56 Å². The van der Waals surface area contributed by atoms with Crippen LogP contribution >= 0.6 is 0 Å². The Labute approximate surface area is 135 Å². The topological polar surface area (TPSA) is 52.6 Å². The molecule has 2 aromatic rings. The fourth-order valence-electron chi connectivity index (χ4n) is 2.21. The van der Waals surface area contributed by atoms with Gasteiger partial charge in [0.05, 0.1) is 12.7 Å². The second-order valence-electron chi connectivity index (χ2n) is 6.15. The van der Waals surface area contributed by atoms with Crippen LogP contribution in [0.4, 0.5) is 0 Å². The molecular formula is C19H20O4. The molecule has 0 aliphatic heterocycles. The summed E-state index contributed by atoms with van der Waals surface area (Å²) in [5.74, 6) is -0.834. The van der Waals surface area contributed by atoms with E-state index in [1.807, 2.05) is 51.1 Å². The van der Waals surface area contributed by atoms with Crippen LogP contribution in [0, 0.1) is 0 Å². The molecule has 0 atom stereocenters. The zero-order valence-corrected chi connectivity index (χ0v) is 13.8. The second-order valence-corrected chi connectivity index (χ2v) is 6.15. The number of rotatable bonds is 3. The van der Waals surface area contributed by atoms with Crippen LogP contribution in [-0.4, -0.2) is 24.6 Å². The van der Waals surface area contributed by atoms with E-state index < -0.39 is 17.5 Å². The molecule has 0 spiro atoms. The van der Waals surface area contributed by atoms with E-state index in [1.165, 1.54) is 13.2 Å². The molecule has 0 fully saturated rings. The lowest BCUT2D eigenvalue weighted by Gasteiger charge is -2.17. The molecule has 2 rings (SSSR count). The van der Waals surface area contributed by atoms with E-state index in [9.17, 15) is 9.59 Å². The molecule has 0 aliphatic carbocycles. The summed E-state index contributed by atoms with van der Waals surface area (Å²) >= 11 is 0. The highest BCUT2D eigenvalue weighted by atomic mass is 16.6. The number of carbonyl (C=O) groups is 2. The van der Waals surface area contributed by atoms with Gasteiger partial charge in [0.2, 0.25) is 0 Å². The van der Waals surface area contributed by atoms with Gasteiger partial charge < -0.3 is 9.47 Å². The number of benzene rings is 2.